The molecule has 0 saturated carbocycles. The number of para-hydroxylation sites is 2. The molecule has 0 unspecified atom stereocenters. The number of hydrogen-bond donors (Lipinski definition) is 2. The van der Waals surface area contributed by atoms with Gasteiger partial charge in [-0.25, -0.2) is 0 Å². The van der Waals surface area contributed by atoms with Gasteiger partial charge in [-0.3, -0.25) is 9.59 Å². The van der Waals surface area contributed by atoms with Gasteiger partial charge in [0.25, 0.3) is 5.91 Å². The summed E-state index contributed by atoms with van der Waals surface area (Å²) < 4.78 is 5.33. The highest BCUT2D eigenvalue weighted by atomic mass is 35.5. The van der Waals surface area contributed by atoms with E-state index in [1.54, 1.807) is 70.4 Å². The minimum absolute atomic E-state index is 0.0966. The smallest absolute Gasteiger partial charge is 0.272 e. The standard InChI is InChI=1S/C21H23ClN2O3/c1-21(2,3)20(26)24-17(13-14-9-5-8-12-18(14)27-4)19(25)23-16-11-7-6-10-15(16)22/h5-13H,1-4H3,(H,23,25)(H,24,26)/b17-13+. The minimum Gasteiger partial charge on any atom is -0.496 e. The Bertz CT molecular complexity index is 870. The van der Waals surface area contributed by atoms with E-state index in [0.717, 1.165) is 0 Å². The minimum atomic E-state index is -0.662. The molecule has 27 heavy (non-hydrogen) atoms. The lowest BCUT2D eigenvalue weighted by Crippen LogP contribution is -2.38. The Balaban J connectivity index is 2.40. The van der Waals surface area contributed by atoms with Gasteiger partial charge in [0.15, 0.2) is 0 Å². The highest BCUT2D eigenvalue weighted by Crippen LogP contribution is 2.24. The number of rotatable bonds is 5. The lowest BCUT2D eigenvalue weighted by Gasteiger charge is -2.19. The van der Waals surface area contributed by atoms with Gasteiger partial charge in [0.05, 0.1) is 17.8 Å². The first-order valence-electron chi connectivity index (χ1n) is 8.44. The van der Waals surface area contributed by atoms with Gasteiger partial charge in [-0.05, 0) is 24.3 Å². The normalized spacial score (nSPS) is 11.7. The van der Waals surface area contributed by atoms with E-state index in [1.165, 1.54) is 0 Å². The van der Waals surface area contributed by atoms with Gasteiger partial charge in [0, 0.05) is 11.0 Å². The van der Waals surface area contributed by atoms with E-state index >= 15 is 0 Å². The van der Waals surface area contributed by atoms with E-state index in [-0.39, 0.29) is 11.6 Å². The lowest BCUT2D eigenvalue weighted by molar-refractivity contribution is -0.128. The number of carbonyl (C=O) groups excluding carboxylic acids is 2. The van der Waals surface area contributed by atoms with Crippen molar-refractivity contribution < 1.29 is 14.3 Å². The molecule has 0 radical (unpaired) electrons. The topological polar surface area (TPSA) is 67.4 Å². The largest absolute Gasteiger partial charge is 0.496 e. The summed E-state index contributed by atoms with van der Waals surface area (Å²) in [4.78, 5) is 25.3. The molecule has 2 amide bonds. The van der Waals surface area contributed by atoms with Crippen LogP contribution in [0.1, 0.15) is 26.3 Å². The van der Waals surface area contributed by atoms with Crippen molar-refractivity contribution in [3.8, 4) is 5.75 Å². The van der Waals surface area contributed by atoms with E-state index < -0.39 is 11.3 Å². The summed E-state index contributed by atoms with van der Waals surface area (Å²) in [7, 11) is 1.55. The summed E-state index contributed by atoms with van der Waals surface area (Å²) in [5.74, 6) is -0.171. The Kier molecular flexibility index (Phi) is 6.64. The molecule has 0 aliphatic carbocycles. The molecule has 6 heteroatoms. The van der Waals surface area contributed by atoms with Crippen LogP contribution in [0.2, 0.25) is 5.02 Å². The molecule has 2 aromatic rings. The highest BCUT2D eigenvalue weighted by molar-refractivity contribution is 6.34. The van der Waals surface area contributed by atoms with E-state index in [4.69, 9.17) is 16.3 Å². The quantitative estimate of drug-likeness (QED) is 0.744. The monoisotopic (exact) mass is 386 g/mol. The number of halogens is 1. The van der Waals surface area contributed by atoms with E-state index in [2.05, 4.69) is 10.6 Å². The average Bonchev–Trinajstić information content (AvgIpc) is 2.62. The number of amides is 2. The number of carbonyl (C=O) groups is 2. The van der Waals surface area contributed by atoms with Crippen molar-refractivity contribution >= 4 is 35.2 Å². The Hall–Kier alpha value is -2.79. The molecule has 5 nitrogen and oxygen atoms in total. The van der Waals surface area contributed by atoms with Crippen LogP contribution in [0.25, 0.3) is 6.08 Å². The number of anilines is 1. The molecule has 142 valence electrons. The molecule has 0 spiro atoms. The first-order valence-corrected chi connectivity index (χ1v) is 8.82. The number of methoxy groups -OCH3 is 1. The Morgan fingerprint density at radius 1 is 1.04 bits per heavy atom. The first-order chi connectivity index (χ1) is 12.7. The molecule has 0 aliphatic heterocycles. The van der Waals surface area contributed by atoms with Crippen molar-refractivity contribution in [2.24, 2.45) is 5.41 Å². The Morgan fingerprint density at radius 2 is 1.67 bits per heavy atom. The molecule has 0 heterocycles. The number of benzene rings is 2. The third-order valence-electron chi connectivity index (χ3n) is 3.73. The predicted molar refractivity (Wildman–Crippen MR) is 109 cm³/mol. The SMILES string of the molecule is COc1ccccc1/C=C(/NC(=O)C(C)(C)C)C(=O)Nc1ccccc1Cl. The first kappa shape index (κ1) is 20.5. The maximum Gasteiger partial charge on any atom is 0.272 e. The van der Waals surface area contributed by atoms with Gasteiger partial charge in [-0.2, -0.15) is 0 Å². The third-order valence-corrected chi connectivity index (χ3v) is 4.06. The van der Waals surface area contributed by atoms with Gasteiger partial charge in [0.2, 0.25) is 5.91 Å². The van der Waals surface area contributed by atoms with Crippen LogP contribution in [0.3, 0.4) is 0 Å². The van der Waals surface area contributed by atoms with Crippen molar-refractivity contribution in [2.45, 2.75) is 20.8 Å². The average molecular weight is 387 g/mol. The summed E-state index contributed by atoms with van der Waals surface area (Å²) in [6.07, 6.45) is 1.58. The van der Waals surface area contributed by atoms with E-state index in [9.17, 15) is 9.59 Å². The van der Waals surface area contributed by atoms with Gasteiger partial charge < -0.3 is 15.4 Å². The van der Waals surface area contributed by atoms with Gasteiger partial charge in [-0.15, -0.1) is 0 Å². The zero-order chi connectivity index (χ0) is 20.0. The van der Waals surface area contributed by atoms with Gasteiger partial charge in [0.1, 0.15) is 11.4 Å². The molecule has 0 aromatic heterocycles. The second-order valence-electron chi connectivity index (χ2n) is 6.94. The van der Waals surface area contributed by atoms with Crippen LogP contribution < -0.4 is 15.4 Å². The number of ether oxygens (including phenoxy) is 1. The van der Waals surface area contributed by atoms with Gasteiger partial charge in [-0.1, -0.05) is 62.7 Å². The van der Waals surface area contributed by atoms with Crippen LogP contribution in [-0.2, 0) is 9.59 Å². The summed E-state index contributed by atoms with van der Waals surface area (Å²) >= 11 is 6.12. The maximum atomic E-state index is 12.8. The summed E-state index contributed by atoms with van der Waals surface area (Å²) in [5, 5.41) is 5.84. The summed E-state index contributed by atoms with van der Waals surface area (Å²) in [5.41, 5.74) is 0.558. The van der Waals surface area contributed by atoms with E-state index in [1.807, 2.05) is 12.1 Å². The van der Waals surface area contributed by atoms with Gasteiger partial charge >= 0.3 is 0 Å². The fraction of sp³-hybridized carbons (Fsp3) is 0.238. The van der Waals surface area contributed by atoms with Crippen molar-refractivity contribution in [1.82, 2.24) is 5.32 Å². The van der Waals surface area contributed by atoms with Crippen LogP contribution in [0.4, 0.5) is 5.69 Å². The molecule has 2 aromatic carbocycles. The molecule has 0 atom stereocenters. The highest BCUT2D eigenvalue weighted by Gasteiger charge is 2.24. The van der Waals surface area contributed by atoms with Crippen molar-refractivity contribution in [3.63, 3.8) is 0 Å². The van der Waals surface area contributed by atoms with E-state index in [0.29, 0.717) is 22.0 Å². The second kappa shape index (κ2) is 8.73. The third kappa shape index (κ3) is 5.59. The summed E-state index contributed by atoms with van der Waals surface area (Å²) in [6.45, 7) is 5.32. The summed E-state index contributed by atoms with van der Waals surface area (Å²) in [6, 6.07) is 14.1. The second-order valence-corrected chi connectivity index (χ2v) is 7.35. The molecule has 0 aliphatic rings. The fourth-order valence-corrected chi connectivity index (χ4v) is 2.34. The zero-order valence-electron chi connectivity index (χ0n) is 15.8. The molecule has 2 rings (SSSR count). The fourth-order valence-electron chi connectivity index (χ4n) is 2.16. The molecule has 2 N–H and O–H groups in total. The van der Waals surface area contributed by atoms with Crippen molar-refractivity contribution in [3.05, 3.63) is 64.8 Å². The van der Waals surface area contributed by atoms with Crippen LogP contribution >= 0.6 is 11.6 Å². The molecule has 0 fully saturated rings. The zero-order valence-corrected chi connectivity index (χ0v) is 16.6. The van der Waals surface area contributed by atoms with Crippen molar-refractivity contribution in [1.29, 1.82) is 0 Å². The number of hydrogen-bond acceptors (Lipinski definition) is 3. The lowest BCUT2D eigenvalue weighted by atomic mass is 9.95. The Labute approximate surface area is 164 Å². The molecule has 0 bridgehead atoms. The van der Waals surface area contributed by atoms with Crippen LogP contribution in [0.15, 0.2) is 54.2 Å². The molecule has 0 saturated heterocycles. The van der Waals surface area contributed by atoms with Crippen LogP contribution in [0, 0.1) is 5.41 Å². The maximum absolute atomic E-state index is 12.8. The predicted octanol–water partition coefficient (Wildman–Crippen LogP) is 4.49. The molecular formula is C21H23ClN2O3. The van der Waals surface area contributed by atoms with Crippen LogP contribution in [-0.4, -0.2) is 18.9 Å². The number of nitrogens with one attached hydrogen (secondary N) is 2. The molecular weight excluding hydrogens is 364 g/mol. The van der Waals surface area contributed by atoms with Crippen LogP contribution in [0.5, 0.6) is 5.75 Å². The Morgan fingerprint density at radius 3 is 2.30 bits per heavy atom. The van der Waals surface area contributed by atoms with Crippen molar-refractivity contribution in [2.75, 3.05) is 12.4 Å².